The van der Waals surface area contributed by atoms with E-state index in [0.717, 1.165) is 22.6 Å². The Morgan fingerprint density at radius 2 is 1.68 bits per heavy atom. The van der Waals surface area contributed by atoms with E-state index in [-0.39, 0.29) is 23.3 Å². The molecule has 25 heavy (non-hydrogen) atoms. The summed E-state index contributed by atoms with van der Waals surface area (Å²) < 4.78 is 40.3. The molecule has 0 saturated heterocycles. The van der Waals surface area contributed by atoms with E-state index >= 15 is 0 Å². The van der Waals surface area contributed by atoms with E-state index in [4.69, 9.17) is 0 Å². The lowest BCUT2D eigenvalue weighted by Gasteiger charge is -2.21. The van der Waals surface area contributed by atoms with Gasteiger partial charge in [-0.1, -0.05) is 30.3 Å². The van der Waals surface area contributed by atoms with Crippen molar-refractivity contribution in [1.82, 2.24) is 5.32 Å². The SMILES string of the molecule is C[NH+](C)C[C@H](NC(=O)c1ccc(OC(F)(F)F)cc1)c1ccccc1. The Labute approximate surface area is 144 Å². The van der Waals surface area contributed by atoms with Gasteiger partial charge >= 0.3 is 6.36 Å². The molecule has 0 aliphatic rings. The summed E-state index contributed by atoms with van der Waals surface area (Å²) in [5, 5.41) is 2.93. The van der Waals surface area contributed by atoms with Crippen LogP contribution in [0.1, 0.15) is 22.0 Å². The molecule has 134 valence electrons. The summed E-state index contributed by atoms with van der Waals surface area (Å²) in [6, 6.07) is 14.2. The van der Waals surface area contributed by atoms with Crippen molar-refractivity contribution in [2.45, 2.75) is 12.4 Å². The molecule has 0 heterocycles. The second kappa shape index (κ2) is 8.02. The number of alkyl halides is 3. The van der Waals surface area contributed by atoms with E-state index in [1.807, 2.05) is 44.4 Å². The molecule has 0 spiro atoms. The van der Waals surface area contributed by atoms with Crippen LogP contribution in [0.2, 0.25) is 0 Å². The smallest absolute Gasteiger partial charge is 0.406 e. The van der Waals surface area contributed by atoms with Crippen LogP contribution in [-0.4, -0.2) is 32.9 Å². The second-order valence-electron chi connectivity index (χ2n) is 5.92. The molecule has 0 radical (unpaired) electrons. The fourth-order valence-electron chi connectivity index (χ4n) is 2.40. The van der Waals surface area contributed by atoms with Crippen LogP contribution in [0.15, 0.2) is 54.6 Å². The molecule has 0 saturated carbocycles. The van der Waals surface area contributed by atoms with Crippen LogP contribution in [-0.2, 0) is 0 Å². The fourth-order valence-corrected chi connectivity index (χ4v) is 2.40. The maximum Gasteiger partial charge on any atom is 0.573 e. The first kappa shape index (κ1) is 18.8. The Bertz CT molecular complexity index is 686. The zero-order valence-electron chi connectivity index (χ0n) is 13.9. The van der Waals surface area contributed by atoms with E-state index < -0.39 is 6.36 Å². The van der Waals surface area contributed by atoms with E-state index in [2.05, 4.69) is 10.1 Å². The average Bonchev–Trinajstić information content (AvgIpc) is 2.54. The van der Waals surface area contributed by atoms with Gasteiger partial charge in [-0.15, -0.1) is 13.2 Å². The van der Waals surface area contributed by atoms with Gasteiger partial charge in [0.25, 0.3) is 5.91 Å². The quantitative estimate of drug-likeness (QED) is 0.836. The molecule has 2 N–H and O–H groups in total. The number of ether oxygens (including phenoxy) is 1. The summed E-state index contributed by atoms with van der Waals surface area (Å²) in [5.41, 5.74) is 1.23. The van der Waals surface area contributed by atoms with Crippen LogP contribution < -0.4 is 15.0 Å². The summed E-state index contributed by atoms with van der Waals surface area (Å²) in [6.45, 7) is 0.672. The van der Waals surface area contributed by atoms with Crippen molar-refractivity contribution in [2.75, 3.05) is 20.6 Å². The minimum Gasteiger partial charge on any atom is -0.406 e. The fraction of sp³-hybridized carbons (Fsp3) is 0.278. The molecule has 0 aromatic heterocycles. The Hall–Kier alpha value is -2.54. The maximum atomic E-state index is 12.4. The molecule has 0 bridgehead atoms. The zero-order chi connectivity index (χ0) is 18.4. The Morgan fingerprint density at radius 3 is 2.20 bits per heavy atom. The number of halogens is 3. The zero-order valence-corrected chi connectivity index (χ0v) is 13.9. The molecule has 1 atom stereocenters. The number of benzene rings is 2. The molecule has 2 aromatic rings. The van der Waals surface area contributed by atoms with Gasteiger partial charge < -0.3 is 15.0 Å². The van der Waals surface area contributed by atoms with Gasteiger partial charge in [-0.25, -0.2) is 0 Å². The topological polar surface area (TPSA) is 42.8 Å². The third-order valence-corrected chi connectivity index (χ3v) is 3.47. The van der Waals surface area contributed by atoms with Crippen LogP contribution in [0, 0.1) is 0 Å². The molecule has 0 aliphatic heterocycles. The first-order chi connectivity index (χ1) is 11.7. The lowest BCUT2D eigenvalue weighted by atomic mass is 10.1. The highest BCUT2D eigenvalue weighted by atomic mass is 19.4. The van der Waals surface area contributed by atoms with Gasteiger partial charge in [0, 0.05) is 5.56 Å². The normalized spacial score (nSPS) is 12.7. The molecular formula is C18H20F3N2O2+. The summed E-state index contributed by atoms with van der Waals surface area (Å²) in [5.74, 6) is -0.713. The summed E-state index contributed by atoms with van der Waals surface area (Å²) in [4.78, 5) is 13.6. The van der Waals surface area contributed by atoms with Gasteiger partial charge in [0.05, 0.1) is 14.1 Å². The summed E-state index contributed by atoms with van der Waals surface area (Å²) in [7, 11) is 3.96. The number of rotatable bonds is 6. The predicted molar refractivity (Wildman–Crippen MR) is 87.5 cm³/mol. The maximum absolute atomic E-state index is 12.4. The van der Waals surface area contributed by atoms with E-state index in [1.165, 1.54) is 12.1 Å². The third-order valence-electron chi connectivity index (χ3n) is 3.47. The van der Waals surface area contributed by atoms with Crippen LogP contribution >= 0.6 is 0 Å². The Morgan fingerprint density at radius 1 is 1.08 bits per heavy atom. The van der Waals surface area contributed by atoms with Crippen molar-refractivity contribution in [3.63, 3.8) is 0 Å². The number of hydrogen-bond acceptors (Lipinski definition) is 2. The van der Waals surface area contributed by atoms with Crippen LogP contribution in [0.5, 0.6) is 5.75 Å². The third kappa shape index (κ3) is 6.11. The first-order valence-electron chi connectivity index (χ1n) is 7.75. The van der Waals surface area contributed by atoms with Gasteiger partial charge in [-0.2, -0.15) is 0 Å². The van der Waals surface area contributed by atoms with Gasteiger partial charge in [0.1, 0.15) is 18.3 Å². The van der Waals surface area contributed by atoms with Crippen molar-refractivity contribution in [3.8, 4) is 5.75 Å². The van der Waals surface area contributed by atoms with Gasteiger partial charge in [0.15, 0.2) is 0 Å². The van der Waals surface area contributed by atoms with Crippen molar-refractivity contribution >= 4 is 5.91 Å². The summed E-state index contributed by atoms with van der Waals surface area (Å²) >= 11 is 0. The molecule has 1 amide bonds. The van der Waals surface area contributed by atoms with E-state index in [9.17, 15) is 18.0 Å². The molecule has 0 fully saturated rings. The second-order valence-corrected chi connectivity index (χ2v) is 5.92. The Balaban J connectivity index is 2.10. The Kier molecular flexibility index (Phi) is 6.03. The highest BCUT2D eigenvalue weighted by Crippen LogP contribution is 2.23. The predicted octanol–water partition coefficient (Wildman–Crippen LogP) is 2.20. The van der Waals surface area contributed by atoms with Crippen molar-refractivity contribution in [2.24, 2.45) is 0 Å². The highest BCUT2D eigenvalue weighted by Gasteiger charge is 2.31. The molecular weight excluding hydrogens is 333 g/mol. The van der Waals surface area contributed by atoms with Gasteiger partial charge in [-0.3, -0.25) is 4.79 Å². The molecule has 2 rings (SSSR count). The molecule has 7 heteroatoms. The van der Waals surface area contributed by atoms with Crippen LogP contribution in [0.4, 0.5) is 13.2 Å². The highest BCUT2D eigenvalue weighted by molar-refractivity contribution is 5.94. The lowest BCUT2D eigenvalue weighted by Crippen LogP contribution is -3.06. The first-order valence-corrected chi connectivity index (χ1v) is 7.75. The average molecular weight is 353 g/mol. The van der Waals surface area contributed by atoms with Crippen LogP contribution in [0.3, 0.4) is 0 Å². The number of hydrogen-bond donors (Lipinski definition) is 2. The number of carbonyl (C=O) groups is 1. The van der Waals surface area contributed by atoms with Crippen molar-refractivity contribution in [1.29, 1.82) is 0 Å². The number of amides is 1. The van der Waals surface area contributed by atoms with E-state index in [1.54, 1.807) is 0 Å². The van der Waals surface area contributed by atoms with E-state index in [0.29, 0.717) is 6.54 Å². The van der Waals surface area contributed by atoms with Crippen LogP contribution in [0.25, 0.3) is 0 Å². The lowest BCUT2D eigenvalue weighted by molar-refractivity contribution is -0.860. The monoisotopic (exact) mass is 353 g/mol. The number of carbonyl (C=O) groups excluding carboxylic acids is 1. The molecule has 0 aliphatic carbocycles. The van der Waals surface area contributed by atoms with Gasteiger partial charge in [-0.05, 0) is 29.8 Å². The standard InChI is InChI=1S/C18H19F3N2O2/c1-23(2)12-16(13-6-4-3-5-7-13)22-17(24)14-8-10-15(11-9-14)25-18(19,20)21/h3-11,16H,12H2,1-2H3,(H,22,24)/p+1/t16-/m0/s1. The van der Waals surface area contributed by atoms with Gasteiger partial charge in [0.2, 0.25) is 0 Å². The molecule has 0 unspecified atom stereocenters. The van der Waals surface area contributed by atoms with Crippen molar-refractivity contribution < 1.29 is 27.6 Å². The largest absolute Gasteiger partial charge is 0.573 e. The minimum atomic E-state index is -4.75. The number of nitrogens with one attached hydrogen (secondary N) is 2. The number of likely N-dealkylation sites (N-methyl/N-ethyl adjacent to an activating group) is 1. The minimum absolute atomic E-state index is 0.204. The molecule has 2 aromatic carbocycles. The molecule has 4 nitrogen and oxygen atoms in total. The van der Waals surface area contributed by atoms with Crippen molar-refractivity contribution in [3.05, 3.63) is 65.7 Å². The summed E-state index contributed by atoms with van der Waals surface area (Å²) in [6.07, 6.45) is -4.75. The number of quaternary nitrogens is 1.